The Morgan fingerprint density at radius 3 is 2.09 bits per heavy atom. The summed E-state index contributed by atoms with van der Waals surface area (Å²) in [6.45, 7) is 6.87. The highest BCUT2D eigenvalue weighted by atomic mass is 16.5. The Hall–Kier alpha value is -3.61. The first-order chi connectivity index (χ1) is 15.9. The lowest BCUT2D eigenvalue weighted by molar-refractivity contribution is -0.147. The number of hydrogen-bond donors (Lipinski definition) is 2. The Morgan fingerprint density at radius 1 is 1.06 bits per heavy atom. The fourth-order valence-electron chi connectivity index (χ4n) is 4.45. The minimum absolute atomic E-state index is 0.0687. The first-order valence-corrected chi connectivity index (χ1v) is 11.1. The van der Waals surface area contributed by atoms with Crippen molar-refractivity contribution in [2.75, 3.05) is 19.7 Å². The van der Waals surface area contributed by atoms with Crippen molar-refractivity contribution in [3.05, 3.63) is 72.3 Å². The standard InChI is InChI=1S/C26H30N2O5/c1-4-15-28(16-23(29)30)24(31)26(5-2,6-3)27-25(32)33-17-22-20-13-9-7-11-18(20)19-12-8-10-14-21(19)22/h4,7-14,22H,1,5-6,15-17H2,2-3H3,(H,27,32)(H,29,30). The first kappa shape index (κ1) is 24.0. The highest BCUT2D eigenvalue weighted by Gasteiger charge is 2.40. The number of aliphatic carboxylic acids is 1. The van der Waals surface area contributed by atoms with Crippen LogP contribution in [0.15, 0.2) is 61.2 Å². The second-order valence-electron chi connectivity index (χ2n) is 8.11. The van der Waals surface area contributed by atoms with Crippen molar-refractivity contribution in [3.63, 3.8) is 0 Å². The maximum Gasteiger partial charge on any atom is 0.408 e. The van der Waals surface area contributed by atoms with Gasteiger partial charge in [-0.2, -0.15) is 0 Å². The van der Waals surface area contributed by atoms with Crippen LogP contribution >= 0.6 is 0 Å². The molecule has 0 saturated heterocycles. The first-order valence-electron chi connectivity index (χ1n) is 11.1. The lowest BCUT2D eigenvalue weighted by Gasteiger charge is -2.35. The number of alkyl carbamates (subject to hydrolysis) is 1. The predicted molar refractivity (Wildman–Crippen MR) is 126 cm³/mol. The van der Waals surface area contributed by atoms with E-state index in [0.29, 0.717) is 12.8 Å². The van der Waals surface area contributed by atoms with Crippen LogP contribution in [-0.4, -0.2) is 53.2 Å². The highest BCUT2D eigenvalue weighted by Crippen LogP contribution is 2.44. The van der Waals surface area contributed by atoms with Gasteiger partial charge in [-0.1, -0.05) is 68.5 Å². The molecule has 0 spiro atoms. The van der Waals surface area contributed by atoms with Gasteiger partial charge in [0.1, 0.15) is 18.7 Å². The molecule has 0 saturated carbocycles. The summed E-state index contributed by atoms with van der Waals surface area (Å²) in [6, 6.07) is 16.1. The second kappa shape index (κ2) is 10.3. The summed E-state index contributed by atoms with van der Waals surface area (Å²) >= 11 is 0. The lowest BCUT2D eigenvalue weighted by Crippen LogP contribution is -2.60. The average Bonchev–Trinajstić information content (AvgIpc) is 3.14. The number of carbonyl (C=O) groups excluding carboxylic acids is 2. The van der Waals surface area contributed by atoms with Crippen LogP contribution in [0.1, 0.15) is 43.7 Å². The zero-order valence-electron chi connectivity index (χ0n) is 19.0. The van der Waals surface area contributed by atoms with Gasteiger partial charge in [0.15, 0.2) is 0 Å². The smallest absolute Gasteiger partial charge is 0.408 e. The predicted octanol–water partition coefficient (Wildman–Crippen LogP) is 4.18. The van der Waals surface area contributed by atoms with Gasteiger partial charge in [-0.15, -0.1) is 6.58 Å². The maximum absolute atomic E-state index is 13.2. The molecule has 33 heavy (non-hydrogen) atoms. The van der Waals surface area contributed by atoms with Gasteiger partial charge in [0.25, 0.3) is 0 Å². The Balaban J connectivity index is 1.75. The average molecular weight is 451 g/mol. The maximum atomic E-state index is 13.2. The number of rotatable bonds is 10. The largest absolute Gasteiger partial charge is 0.480 e. The van der Waals surface area contributed by atoms with Gasteiger partial charge in [0, 0.05) is 12.5 Å². The van der Waals surface area contributed by atoms with Crippen molar-refractivity contribution in [2.45, 2.75) is 38.1 Å². The van der Waals surface area contributed by atoms with E-state index >= 15 is 0 Å². The van der Waals surface area contributed by atoms with Gasteiger partial charge in [-0.25, -0.2) is 4.79 Å². The lowest BCUT2D eigenvalue weighted by atomic mass is 9.91. The van der Waals surface area contributed by atoms with Gasteiger partial charge < -0.3 is 20.1 Å². The Labute approximate surface area is 194 Å². The molecule has 0 fully saturated rings. The van der Waals surface area contributed by atoms with E-state index in [1.54, 1.807) is 13.8 Å². The molecule has 0 aliphatic heterocycles. The van der Waals surface area contributed by atoms with Crippen LogP contribution in [0.4, 0.5) is 4.79 Å². The number of hydrogen-bond acceptors (Lipinski definition) is 4. The zero-order chi connectivity index (χ0) is 24.0. The molecule has 0 bridgehead atoms. The van der Waals surface area contributed by atoms with E-state index in [0.717, 1.165) is 22.3 Å². The van der Waals surface area contributed by atoms with E-state index in [-0.39, 0.29) is 19.1 Å². The van der Waals surface area contributed by atoms with Gasteiger partial charge in [0.05, 0.1) is 0 Å². The summed E-state index contributed by atoms with van der Waals surface area (Å²) in [5.74, 6) is -1.70. The van der Waals surface area contributed by atoms with Crippen LogP contribution in [0, 0.1) is 0 Å². The molecule has 7 nitrogen and oxygen atoms in total. The third-order valence-corrected chi connectivity index (χ3v) is 6.26. The summed E-state index contributed by atoms with van der Waals surface area (Å²) in [5.41, 5.74) is 3.18. The minimum atomic E-state index is -1.26. The molecule has 2 aromatic carbocycles. The van der Waals surface area contributed by atoms with Crippen LogP contribution in [0.2, 0.25) is 0 Å². The van der Waals surface area contributed by atoms with Gasteiger partial charge >= 0.3 is 12.1 Å². The van der Waals surface area contributed by atoms with Crippen molar-refractivity contribution in [1.29, 1.82) is 0 Å². The van der Waals surface area contributed by atoms with Crippen molar-refractivity contribution >= 4 is 18.0 Å². The summed E-state index contributed by atoms with van der Waals surface area (Å²) in [5, 5.41) is 11.9. The topological polar surface area (TPSA) is 95.9 Å². The Morgan fingerprint density at radius 2 is 1.61 bits per heavy atom. The molecule has 0 unspecified atom stereocenters. The molecule has 1 aliphatic rings. The molecule has 2 aromatic rings. The van der Waals surface area contributed by atoms with Gasteiger partial charge in [0.2, 0.25) is 5.91 Å². The van der Waals surface area contributed by atoms with E-state index in [9.17, 15) is 19.5 Å². The molecule has 2 amide bonds. The molecule has 0 heterocycles. The highest BCUT2D eigenvalue weighted by molar-refractivity contribution is 5.92. The molecule has 2 N–H and O–H groups in total. The quantitative estimate of drug-likeness (QED) is 0.530. The van der Waals surface area contributed by atoms with E-state index in [4.69, 9.17) is 4.74 Å². The number of nitrogens with zero attached hydrogens (tertiary/aromatic N) is 1. The van der Waals surface area contributed by atoms with Gasteiger partial charge in [-0.3, -0.25) is 9.59 Å². The normalized spacial score (nSPS) is 12.4. The van der Waals surface area contributed by atoms with E-state index < -0.39 is 30.1 Å². The fourth-order valence-corrected chi connectivity index (χ4v) is 4.45. The van der Waals surface area contributed by atoms with Crippen molar-refractivity contribution < 1.29 is 24.2 Å². The minimum Gasteiger partial charge on any atom is -0.480 e. The molecule has 0 atom stereocenters. The third-order valence-electron chi connectivity index (χ3n) is 6.26. The molecule has 174 valence electrons. The van der Waals surface area contributed by atoms with E-state index in [2.05, 4.69) is 24.0 Å². The number of amides is 2. The Kier molecular flexibility index (Phi) is 7.53. The van der Waals surface area contributed by atoms with Gasteiger partial charge in [-0.05, 0) is 35.1 Å². The third kappa shape index (κ3) is 4.92. The van der Waals surface area contributed by atoms with Crippen LogP contribution in [-0.2, 0) is 14.3 Å². The Bertz CT molecular complexity index is 999. The van der Waals surface area contributed by atoms with Crippen LogP contribution in [0.25, 0.3) is 11.1 Å². The molecular formula is C26H30N2O5. The molecular weight excluding hydrogens is 420 g/mol. The summed E-state index contributed by atoms with van der Waals surface area (Å²) < 4.78 is 5.61. The van der Waals surface area contributed by atoms with Crippen LogP contribution in [0.3, 0.4) is 0 Å². The van der Waals surface area contributed by atoms with Crippen LogP contribution < -0.4 is 5.32 Å². The number of carboxylic acids is 1. The van der Waals surface area contributed by atoms with E-state index in [1.165, 1.54) is 11.0 Å². The SMILES string of the molecule is C=CCN(CC(=O)O)C(=O)C(CC)(CC)NC(=O)OCC1c2ccccc2-c2ccccc21. The fraction of sp³-hybridized carbons (Fsp3) is 0.346. The zero-order valence-corrected chi connectivity index (χ0v) is 19.0. The summed E-state index contributed by atoms with van der Waals surface area (Å²) in [4.78, 5) is 38.4. The number of ether oxygens (including phenoxy) is 1. The van der Waals surface area contributed by atoms with Crippen molar-refractivity contribution in [1.82, 2.24) is 10.2 Å². The number of carbonyl (C=O) groups is 3. The van der Waals surface area contributed by atoms with Crippen molar-refractivity contribution in [2.24, 2.45) is 0 Å². The number of fused-ring (bicyclic) bond motifs is 3. The molecule has 3 rings (SSSR count). The number of benzene rings is 2. The molecule has 0 radical (unpaired) electrons. The number of carboxylic acid groups (broad SMARTS) is 1. The number of nitrogens with one attached hydrogen (secondary N) is 1. The van der Waals surface area contributed by atoms with Crippen LogP contribution in [0.5, 0.6) is 0 Å². The monoisotopic (exact) mass is 450 g/mol. The summed E-state index contributed by atoms with van der Waals surface area (Å²) in [6.07, 6.45) is 1.34. The molecule has 1 aliphatic carbocycles. The van der Waals surface area contributed by atoms with Crippen molar-refractivity contribution in [3.8, 4) is 11.1 Å². The van der Waals surface area contributed by atoms with E-state index in [1.807, 2.05) is 36.4 Å². The summed E-state index contributed by atoms with van der Waals surface area (Å²) in [7, 11) is 0. The molecule has 0 aromatic heterocycles. The second-order valence-corrected chi connectivity index (χ2v) is 8.11. The molecule has 7 heteroatoms.